The van der Waals surface area contributed by atoms with Gasteiger partial charge in [0.2, 0.25) is 0 Å². The number of hydrogen-bond acceptors (Lipinski definition) is 1. The van der Waals surface area contributed by atoms with Gasteiger partial charge in [0.25, 0.3) is 0 Å². The predicted molar refractivity (Wildman–Crippen MR) is 73.5 cm³/mol. The van der Waals surface area contributed by atoms with Crippen LogP contribution in [0.3, 0.4) is 0 Å². The van der Waals surface area contributed by atoms with Crippen molar-refractivity contribution in [2.24, 2.45) is 0 Å². The Hall–Kier alpha value is -2.23. The van der Waals surface area contributed by atoms with Gasteiger partial charge in [-0.15, -0.1) is 0 Å². The number of benzene rings is 2. The maximum absolute atomic E-state index is 13.7. The Balaban J connectivity index is 1.88. The van der Waals surface area contributed by atoms with Gasteiger partial charge in [0.15, 0.2) is 11.6 Å². The van der Waals surface area contributed by atoms with Crippen molar-refractivity contribution in [2.45, 2.75) is 19.3 Å². The van der Waals surface area contributed by atoms with E-state index in [1.165, 1.54) is 23.6 Å². The summed E-state index contributed by atoms with van der Waals surface area (Å²) < 4.78 is 26.9. The Morgan fingerprint density at radius 2 is 1.85 bits per heavy atom. The molecule has 0 radical (unpaired) electrons. The second-order valence-corrected chi connectivity index (χ2v) is 5.18. The Morgan fingerprint density at radius 3 is 2.75 bits per heavy atom. The molecule has 0 aliphatic heterocycles. The second kappa shape index (κ2) is 4.13. The van der Waals surface area contributed by atoms with Gasteiger partial charge in [-0.25, -0.2) is 13.8 Å². The third kappa shape index (κ3) is 1.64. The van der Waals surface area contributed by atoms with Crippen LogP contribution in [0.1, 0.15) is 17.5 Å². The van der Waals surface area contributed by atoms with Crippen molar-refractivity contribution in [1.82, 2.24) is 9.97 Å². The number of hydrogen-bond donors (Lipinski definition) is 1. The summed E-state index contributed by atoms with van der Waals surface area (Å²) in [5.74, 6) is -1.19. The van der Waals surface area contributed by atoms with Crippen LogP contribution in [-0.4, -0.2) is 9.97 Å². The number of nitrogens with one attached hydrogen (secondary N) is 1. The SMILES string of the molecule is Fc1ccc2[nH]c(-c3ccc4c(c3)CCC4)nc2c1F. The van der Waals surface area contributed by atoms with Gasteiger partial charge in [-0.05, 0) is 48.6 Å². The number of aryl methyl sites for hydroxylation is 2. The molecule has 20 heavy (non-hydrogen) atoms. The standard InChI is InChI=1S/C16H12F2N2/c17-12-6-7-13-15(14(12)18)20-16(19-13)11-5-4-9-2-1-3-10(9)8-11/h4-8H,1-3H2,(H,19,20). The maximum atomic E-state index is 13.7. The zero-order valence-electron chi connectivity index (χ0n) is 10.7. The van der Waals surface area contributed by atoms with Gasteiger partial charge < -0.3 is 4.98 Å². The molecule has 0 saturated heterocycles. The fraction of sp³-hybridized carbons (Fsp3) is 0.188. The van der Waals surface area contributed by atoms with Crippen molar-refractivity contribution >= 4 is 11.0 Å². The number of halogens is 2. The average molecular weight is 270 g/mol. The van der Waals surface area contributed by atoms with E-state index in [4.69, 9.17) is 0 Å². The molecule has 0 bridgehead atoms. The number of fused-ring (bicyclic) bond motifs is 2. The lowest BCUT2D eigenvalue weighted by Gasteiger charge is -2.01. The minimum absolute atomic E-state index is 0.0560. The van der Waals surface area contributed by atoms with Gasteiger partial charge in [0, 0.05) is 5.56 Å². The molecule has 2 aromatic carbocycles. The zero-order valence-corrected chi connectivity index (χ0v) is 10.7. The van der Waals surface area contributed by atoms with Gasteiger partial charge >= 0.3 is 0 Å². The molecule has 0 amide bonds. The molecule has 1 aliphatic carbocycles. The molecule has 1 aromatic heterocycles. The molecule has 0 atom stereocenters. The lowest BCUT2D eigenvalue weighted by atomic mass is 10.1. The van der Waals surface area contributed by atoms with Gasteiger partial charge in [0.05, 0.1) is 5.52 Å². The molecule has 1 N–H and O–H groups in total. The molecular formula is C16H12F2N2. The fourth-order valence-corrected chi connectivity index (χ4v) is 2.87. The van der Waals surface area contributed by atoms with Crippen LogP contribution < -0.4 is 0 Å². The van der Waals surface area contributed by atoms with Crippen molar-refractivity contribution in [3.8, 4) is 11.4 Å². The van der Waals surface area contributed by atoms with Crippen LogP contribution in [0.25, 0.3) is 22.4 Å². The van der Waals surface area contributed by atoms with E-state index in [2.05, 4.69) is 22.1 Å². The molecule has 0 unspecified atom stereocenters. The maximum Gasteiger partial charge on any atom is 0.186 e. The van der Waals surface area contributed by atoms with Crippen LogP contribution in [0.4, 0.5) is 8.78 Å². The molecule has 4 rings (SSSR count). The predicted octanol–water partition coefficient (Wildman–Crippen LogP) is 4.00. The van der Waals surface area contributed by atoms with E-state index in [0.29, 0.717) is 11.3 Å². The zero-order chi connectivity index (χ0) is 13.7. The molecule has 4 heteroatoms. The summed E-state index contributed by atoms with van der Waals surface area (Å²) in [7, 11) is 0. The monoisotopic (exact) mass is 270 g/mol. The number of rotatable bonds is 1. The summed E-state index contributed by atoms with van der Waals surface area (Å²) in [4.78, 5) is 7.25. The highest BCUT2D eigenvalue weighted by atomic mass is 19.2. The summed E-state index contributed by atoms with van der Waals surface area (Å²) in [6.45, 7) is 0. The van der Waals surface area contributed by atoms with Gasteiger partial charge in [-0.3, -0.25) is 0 Å². The third-order valence-electron chi connectivity index (χ3n) is 3.92. The van der Waals surface area contributed by atoms with Crippen molar-refractivity contribution in [3.63, 3.8) is 0 Å². The molecule has 3 aromatic rings. The molecule has 2 nitrogen and oxygen atoms in total. The molecule has 1 heterocycles. The van der Waals surface area contributed by atoms with Crippen LogP contribution in [0.2, 0.25) is 0 Å². The lowest BCUT2D eigenvalue weighted by molar-refractivity contribution is 0.515. The summed E-state index contributed by atoms with van der Waals surface area (Å²) >= 11 is 0. The van der Waals surface area contributed by atoms with E-state index in [1.807, 2.05) is 6.07 Å². The van der Waals surface area contributed by atoms with Crippen molar-refractivity contribution < 1.29 is 8.78 Å². The van der Waals surface area contributed by atoms with Gasteiger partial charge in [-0.1, -0.05) is 12.1 Å². The molecule has 0 fully saturated rings. The first kappa shape index (κ1) is 11.6. The first-order valence-corrected chi connectivity index (χ1v) is 6.68. The topological polar surface area (TPSA) is 28.7 Å². The number of imidazole rings is 1. The van der Waals surface area contributed by atoms with Crippen LogP contribution in [0.5, 0.6) is 0 Å². The summed E-state index contributed by atoms with van der Waals surface area (Å²) in [6.07, 6.45) is 3.38. The molecule has 100 valence electrons. The smallest absolute Gasteiger partial charge is 0.186 e. The first-order valence-electron chi connectivity index (χ1n) is 6.68. The van der Waals surface area contributed by atoms with Gasteiger partial charge in [0.1, 0.15) is 11.3 Å². The number of aromatic nitrogens is 2. The molecule has 1 aliphatic rings. The van der Waals surface area contributed by atoms with E-state index in [1.54, 1.807) is 0 Å². The van der Waals surface area contributed by atoms with E-state index in [-0.39, 0.29) is 5.52 Å². The van der Waals surface area contributed by atoms with Crippen molar-refractivity contribution in [3.05, 3.63) is 53.1 Å². The van der Waals surface area contributed by atoms with Crippen molar-refractivity contribution in [2.75, 3.05) is 0 Å². The minimum atomic E-state index is -0.897. The molecular weight excluding hydrogens is 258 g/mol. The highest BCUT2D eigenvalue weighted by molar-refractivity contribution is 5.80. The van der Waals surface area contributed by atoms with E-state index >= 15 is 0 Å². The second-order valence-electron chi connectivity index (χ2n) is 5.18. The van der Waals surface area contributed by atoms with Crippen LogP contribution in [-0.2, 0) is 12.8 Å². The van der Waals surface area contributed by atoms with Gasteiger partial charge in [-0.2, -0.15) is 0 Å². The summed E-state index contributed by atoms with van der Waals surface area (Å²) in [5, 5.41) is 0. The average Bonchev–Trinajstić information content (AvgIpc) is 3.08. The van der Waals surface area contributed by atoms with E-state index in [0.717, 1.165) is 24.5 Å². The highest BCUT2D eigenvalue weighted by Gasteiger charge is 2.15. The Bertz CT molecular complexity index is 821. The Kier molecular flexibility index (Phi) is 2.39. The Labute approximate surface area is 114 Å². The summed E-state index contributed by atoms with van der Waals surface area (Å²) in [5.41, 5.74) is 4.19. The third-order valence-corrected chi connectivity index (χ3v) is 3.92. The quantitative estimate of drug-likeness (QED) is 0.711. The Morgan fingerprint density at radius 1 is 1.00 bits per heavy atom. The van der Waals surface area contributed by atoms with E-state index < -0.39 is 11.6 Å². The fourth-order valence-electron chi connectivity index (χ4n) is 2.87. The largest absolute Gasteiger partial charge is 0.338 e. The van der Waals surface area contributed by atoms with E-state index in [9.17, 15) is 8.78 Å². The molecule has 0 saturated carbocycles. The lowest BCUT2D eigenvalue weighted by Crippen LogP contribution is -1.86. The van der Waals surface area contributed by atoms with Crippen LogP contribution in [0.15, 0.2) is 30.3 Å². The highest BCUT2D eigenvalue weighted by Crippen LogP contribution is 2.28. The first-order chi connectivity index (χ1) is 9.72. The van der Waals surface area contributed by atoms with Crippen LogP contribution in [0, 0.1) is 11.6 Å². The van der Waals surface area contributed by atoms with Crippen LogP contribution >= 0.6 is 0 Å². The normalized spacial score (nSPS) is 13.9. The minimum Gasteiger partial charge on any atom is -0.338 e. The number of H-pyrrole nitrogens is 1. The summed E-state index contributed by atoms with van der Waals surface area (Å²) in [6, 6.07) is 8.80. The number of aromatic amines is 1. The van der Waals surface area contributed by atoms with Crippen molar-refractivity contribution in [1.29, 1.82) is 0 Å². The number of nitrogens with zero attached hydrogens (tertiary/aromatic N) is 1. The molecule has 0 spiro atoms.